The van der Waals surface area contributed by atoms with E-state index in [-0.39, 0.29) is 6.04 Å². The molecule has 0 bridgehead atoms. The number of carbonyl (C=O) groups excluding carboxylic acids is 1. The van der Waals surface area contributed by atoms with Gasteiger partial charge in [0.2, 0.25) is 5.91 Å². The fourth-order valence-corrected chi connectivity index (χ4v) is 2.15. The van der Waals surface area contributed by atoms with Crippen LogP contribution in [0.1, 0.15) is 40.0 Å². The minimum Gasteiger partial charge on any atom is -0.339 e. The summed E-state index contributed by atoms with van der Waals surface area (Å²) in [6, 6.07) is 0.496. The van der Waals surface area contributed by atoms with E-state index in [2.05, 4.69) is 19.2 Å². The van der Waals surface area contributed by atoms with Gasteiger partial charge in [-0.25, -0.2) is 0 Å². The molecule has 0 aromatic carbocycles. The number of likely N-dealkylation sites (tertiary alicyclic amines) is 1. The van der Waals surface area contributed by atoms with Crippen molar-refractivity contribution in [1.29, 1.82) is 0 Å². The van der Waals surface area contributed by atoms with Crippen molar-refractivity contribution in [2.75, 3.05) is 13.1 Å². The molecule has 2 unspecified atom stereocenters. The topological polar surface area (TPSA) is 32.3 Å². The highest BCUT2D eigenvalue weighted by atomic mass is 16.2. The highest BCUT2D eigenvalue weighted by Gasteiger charge is 2.32. The van der Waals surface area contributed by atoms with Gasteiger partial charge in [0.25, 0.3) is 0 Å². The van der Waals surface area contributed by atoms with Gasteiger partial charge in [0.15, 0.2) is 0 Å². The van der Waals surface area contributed by atoms with Crippen LogP contribution in [0.15, 0.2) is 0 Å². The van der Waals surface area contributed by atoms with Crippen LogP contribution in [0.3, 0.4) is 0 Å². The lowest BCUT2D eigenvalue weighted by Crippen LogP contribution is -2.41. The van der Waals surface area contributed by atoms with E-state index in [4.69, 9.17) is 0 Å². The molecule has 1 fully saturated rings. The Bertz CT molecular complexity index is 194. The van der Waals surface area contributed by atoms with Gasteiger partial charge in [-0.1, -0.05) is 20.3 Å². The van der Waals surface area contributed by atoms with Crippen LogP contribution in [-0.4, -0.2) is 36.0 Å². The number of likely N-dealkylation sites (N-methyl/N-ethyl adjacent to an activating group) is 1. The number of rotatable bonds is 5. The van der Waals surface area contributed by atoms with Crippen molar-refractivity contribution in [2.45, 2.75) is 52.1 Å². The Balaban J connectivity index is 2.46. The van der Waals surface area contributed by atoms with Crippen LogP contribution in [0.5, 0.6) is 0 Å². The smallest absolute Gasteiger partial charge is 0.240 e. The zero-order chi connectivity index (χ0) is 10.6. The Morgan fingerprint density at radius 3 is 2.86 bits per heavy atom. The van der Waals surface area contributed by atoms with E-state index in [1.807, 2.05) is 11.8 Å². The molecule has 1 amide bonds. The third kappa shape index (κ3) is 2.47. The van der Waals surface area contributed by atoms with Gasteiger partial charge in [0.05, 0.1) is 6.04 Å². The van der Waals surface area contributed by atoms with Crippen LogP contribution in [0.2, 0.25) is 0 Å². The summed E-state index contributed by atoms with van der Waals surface area (Å²) in [4.78, 5) is 13.9. The second-order valence-electron chi connectivity index (χ2n) is 4.07. The molecule has 1 saturated heterocycles. The standard InChI is InChI=1S/C11H22N2O/c1-4-6-9(3)13-8-7-10(11(13)14)12-5-2/h9-10,12H,4-8H2,1-3H3. The monoisotopic (exact) mass is 198 g/mol. The minimum absolute atomic E-state index is 0.0827. The van der Waals surface area contributed by atoms with Crippen molar-refractivity contribution in [1.82, 2.24) is 10.2 Å². The summed E-state index contributed by atoms with van der Waals surface area (Å²) in [7, 11) is 0. The lowest BCUT2D eigenvalue weighted by atomic mass is 10.2. The molecule has 3 nitrogen and oxygen atoms in total. The average molecular weight is 198 g/mol. The predicted octanol–water partition coefficient (Wildman–Crippen LogP) is 1.39. The second-order valence-corrected chi connectivity index (χ2v) is 4.07. The fourth-order valence-electron chi connectivity index (χ4n) is 2.15. The van der Waals surface area contributed by atoms with E-state index in [0.29, 0.717) is 11.9 Å². The molecule has 1 aliphatic rings. The number of hydrogen-bond donors (Lipinski definition) is 1. The number of nitrogens with one attached hydrogen (secondary N) is 1. The summed E-state index contributed by atoms with van der Waals surface area (Å²) in [5, 5.41) is 3.23. The van der Waals surface area contributed by atoms with Gasteiger partial charge in [0.1, 0.15) is 0 Å². The number of hydrogen-bond acceptors (Lipinski definition) is 2. The average Bonchev–Trinajstić information content (AvgIpc) is 2.49. The molecule has 82 valence electrons. The molecular weight excluding hydrogens is 176 g/mol. The van der Waals surface area contributed by atoms with Crippen molar-refractivity contribution in [3.8, 4) is 0 Å². The van der Waals surface area contributed by atoms with Gasteiger partial charge in [-0.2, -0.15) is 0 Å². The van der Waals surface area contributed by atoms with Crippen molar-refractivity contribution < 1.29 is 4.79 Å². The fraction of sp³-hybridized carbons (Fsp3) is 0.909. The number of nitrogens with zero attached hydrogens (tertiary/aromatic N) is 1. The molecule has 0 aromatic rings. The van der Waals surface area contributed by atoms with Gasteiger partial charge in [-0.3, -0.25) is 4.79 Å². The molecule has 1 aliphatic heterocycles. The first-order chi connectivity index (χ1) is 6.70. The molecule has 0 aromatic heterocycles. The molecule has 0 spiro atoms. The minimum atomic E-state index is 0.0827. The summed E-state index contributed by atoms with van der Waals surface area (Å²) in [6.07, 6.45) is 3.24. The van der Waals surface area contributed by atoms with Crippen LogP contribution in [-0.2, 0) is 4.79 Å². The zero-order valence-electron chi connectivity index (χ0n) is 9.55. The Labute approximate surface area is 86.9 Å². The van der Waals surface area contributed by atoms with E-state index >= 15 is 0 Å². The Morgan fingerprint density at radius 1 is 1.57 bits per heavy atom. The summed E-state index contributed by atoms with van der Waals surface area (Å²) in [5.74, 6) is 0.299. The predicted molar refractivity (Wildman–Crippen MR) is 58.2 cm³/mol. The van der Waals surface area contributed by atoms with E-state index < -0.39 is 0 Å². The molecule has 1 heterocycles. The van der Waals surface area contributed by atoms with Crippen LogP contribution >= 0.6 is 0 Å². The van der Waals surface area contributed by atoms with Crippen molar-refractivity contribution in [2.24, 2.45) is 0 Å². The molecule has 14 heavy (non-hydrogen) atoms. The summed E-state index contributed by atoms with van der Waals surface area (Å²) in [6.45, 7) is 8.17. The lowest BCUT2D eigenvalue weighted by Gasteiger charge is -2.24. The molecular formula is C11H22N2O. The van der Waals surface area contributed by atoms with E-state index in [0.717, 1.165) is 32.4 Å². The summed E-state index contributed by atoms with van der Waals surface area (Å²) >= 11 is 0. The van der Waals surface area contributed by atoms with Gasteiger partial charge in [-0.15, -0.1) is 0 Å². The third-order valence-electron chi connectivity index (χ3n) is 2.93. The molecule has 0 aliphatic carbocycles. The SMILES string of the molecule is CCCC(C)N1CCC(NCC)C1=O. The van der Waals surface area contributed by atoms with E-state index in [1.54, 1.807) is 0 Å². The maximum absolute atomic E-state index is 11.9. The Morgan fingerprint density at radius 2 is 2.29 bits per heavy atom. The van der Waals surface area contributed by atoms with E-state index in [9.17, 15) is 4.79 Å². The quantitative estimate of drug-likeness (QED) is 0.724. The highest BCUT2D eigenvalue weighted by molar-refractivity contribution is 5.84. The first-order valence-corrected chi connectivity index (χ1v) is 5.74. The van der Waals surface area contributed by atoms with Gasteiger partial charge in [0, 0.05) is 12.6 Å². The first kappa shape index (κ1) is 11.5. The normalized spacial score (nSPS) is 24.4. The first-order valence-electron chi connectivity index (χ1n) is 5.74. The third-order valence-corrected chi connectivity index (χ3v) is 2.93. The Kier molecular flexibility index (Phi) is 4.39. The molecule has 0 radical (unpaired) electrons. The molecule has 1 rings (SSSR count). The number of carbonyl (C=O) groups is 1. The molecule has 2 atom stereocenters. The summed E-state index contributed by atoms with van der Waals surface area (Å²) in [5.41, 5.74) is 0. The molecule has 3 heteroatoms. The van der Waals surface area contributed by atoms with Crippen molar-refractivity contribution in [3.63, 3.8) is 0 Å². The van der Waals surface area contributed by atoms with Crippen molar-refractivity contribution >= 4 is 5.91 Å². The van der Waals surface area contributed by atoms with Gasteiger partial charge >= 0.3 is 0 Å². The Hall–Kier alpha value is -0.570. The molecule has 1 N–H and O–H groups in total. The van der Waals surface area contributed by atoms with Gasteiger partial charge < -0.3 is 10.2 Å². The number of amides is 1. The lowest BCUT2D eigenvalue weighted by molar-refractivity contribution is -0.131. The highest BCUT2D eigenvalue weighted by Crippen LogP contribution is 2.17. The van der Waals surface area contributed by atoms with Crippen LogP contribution < -0.4 is 5.32 Å². The summed E-state index contributed by atoms with van der Waals surface area (Å²) < 4.78 is 0. The largest absolute Gasteiger partial charge is 0.339 e. The maximum atomic E-state index is 11.9. The van der Waals surface area contributed by atoms with E-state index in [1.165, 1.54) is 0 Å². The zero-order valence-corrected chi connectivity index (χ0v) is 9.55. The van der Waals surface area contributed by atoms with Crippen LogP contribution in [0.25, 0.3) is 0 Å². The van der Waals surface area contributed by atoms with Crippen LogP contribution in [0.4, 0.5) is 0 Å². The second kappa shape index (κ2) is 5.35. The van der Waals surface area contributed by atoms with Gasteiger partial charge in [-0.05, 0) is 26.3 Å². The van der Waals surface area contributed by atoms with Crippen LogP contribution in [0, 0.1) is 0 Å². The van der Waals surface area contributed by atoms with Crippen molar-refractivity contribution in [3.05, 3.63) is 0 Å². The molecule has 0 saturated carbocycles. The maximum Gasteiger partial charge on any atom is 0.240 e.